The molecule has 2 N–H and O–H groups in total. The molecule has 2 heterocycles. The van der Waals surface area contributed by atoms with E-state index in [0.717, 1.165) is 57.6 Å². The van der Waals surface area contributed by atoms with E-state index in [4.69, 9.17) is 46.4 Å². The number of amides is 2. The van der Waals surface area contributed by atoms with Crippen molar-refractivity contribution in [2.75, 3.05) is 9.80 Å². The lowest BCUT2D eigenvalue weighted by atomic mass is 9.92. The van der Waals surface area contributed by atoms with Crippen LogP contribution in [0.2, 0.25) is 20.1 Å². The number of rotatable bonds is 8. The Morgan fingerprint density at radius 3 is 1.27 bits per heavy atom. The van der Waals surface area contributed by atoms with Crippen molar-refractivity contribution in [2.24, 2.45) is 0 Å². The predicted molar refractivity (Wildman–Crippen MR) is 233 cm³/mol. The number of nitrogens with zero attached hydrogens (tertiary/aromatic N) is 2. The van der Waals surface area contributed by atoms with E-state index in [-0.39, 0.29) is 44.8 Å². The molecular weight excluding hydrogens is 842 g/mol. The summed E-state index contributed by atoms with van der Waals surface area (Å²) in [7, 11) is 0. The molecular formula is C48H34Cl4N2O6. The van der Waals surface area contributed by atoms with Gasteiger partial charge in [0.25, 0.3) is 0 Å². The maximum atomic E-state index is 13.6. The highest BCUT2D eigenvalue weighted by Crippen LogP contribution is 2.67. The maximum absolute atomic E-state index is 13.6. The first-order valence-electron chi connectivity index (χ1n) is 19.2. The first-order valence-corrected chi connectivity index (χ1v) is 20.7. The van der Waals surface area contributed by atoms with Crippen LogP contribution in [-0.4, -0.2) is 34.0 Å². The van der Waals surface area contributed by atoms with Gasteiger partial charge in [-0.25, -0.2) is 9.59 Å². The summed E-state index contributed by atoms with van der Waals surface area (Å²) in [4.78, 5) is 53.7. The van der Waals surface area contributed by atoms with Crippen LogP contribution in [0.15, 0.2) is 133 Å². The zero-order valence-electron chi connectivity index (χ0n) is 31.6. The molecule has 2 fully saturated rings. The third kappa shape index (κ3) is 6.63. The molecule has 6 aromatic carbocycles. The molecule has 0 radical (unpaired) electrons. The number of benzene rings is 6. The minimum absolute atomic E-state index is 0.0364. The average Bonchev–Trinajstić information content (AvgIpc) is 4.15. The van der Waals surface area contributed by atoms with Crippen molar-refractivity contribution in [3.8, 4) is 0 Å². The quantitative estimate of drug-likeness (QED) is 0.157. The lowest BCUT2D eigenvalue weighted by molar-refractivity contribution is -0.121. The fraction of sp³-hybridized carbons (Fsp3) is 0.167. The molecule has 0 saturated heterocycles. The molecule has 60 heavy (non-hydrogen) atoms. The number of carbonyl (C=O) groups is 4. The highest BCUT2D eigenvalue weighted by Gasteiger charge is 2.68. The van der Waals surface area contributed by atoms with E-state index in [9.17, 15) is 29.4 Å². The van der Waals surface area contributed by atoms with Crippen LogP contribution < -0.4 is 9.80 Å². The number of fused-ring (bicyclic) bond motifs is 4. The Morgan fingerprint density at radius 1 is 0.533 bits per heavy atom. The second kappa shape index (κ2) is 15.1. The Bertz CT molecular complexity index is 2570. The van der Waals surface area contributed by atoms with Crippen LogP contribution in [0.4, 0.5) is 11.4 Å². The summed E-state index contributed by atoms with van der Waals surface area (Å²) >= 11 is 24.1. The third-order valence-corrected chi connectivity index (χ3v) is 13.4. The smallest absolute Gasteiger partial charge is 0.337 e. The van der Waals surface area contributed by atoms with Crippen LogP contribution in [-0.2, 0) is 33.5 Å². The molecule has 2 amide bonds. The highest BCUT2D eigenvalue weighted by atomic mass is 35.5. The third-order valence-electron chi connectivity index (χ3n) is 12.3. The van der Waals surface area contributed by atoms with E-state index in [2.05, 4.69) is 0 Å². The Kier molecular flexibility index (Phi) is 10.0. The average molecular weight is 877 g/mol. The lowest BCUT2D eigenvalue weighted by Crippen LogP contribution is -2.32. The van der Waals surface area contributed by atoms with Gasteiger partial charge in [0.1, 0.15) is 0 Å². The molecule has 4 aliphatic rings. The fourth-order valence-corrected chi connectivity index (χ4v) is 9.89. The Hall–Kier alpha value is -5.64. The monoisotopic (exact) mass is 874 g/mol. The number of hydrogen-bond donors (Lipinski definition) is 2. The van der Waals surface area contributed by atoms with Crippen molar-refractivity contribution in [3.05, 3.63) is 198 Å². The topological polar surface area (TPSA) is 115 Å². The van der Waals surface area contributed by atoms with Crippen LogP contribution in [0.5, 0.6) is 0 Å². The minimum Gasteiger partial charge on any atom is -0.478 e. The molecule has 0 unspecified atom stereocenters. The van der Waals surface area contributed by atoms with Gasteiger partial charge >= 0.3 is 11.9 Å². The number of carboxylic acids is 2. The second-order valence-corrected chi connectivity index (χ2v) is 17.3. The first kappa shape index (κ1) is 39.8. The van der Waals surface area contributed by atoms with E-state index in [1.807, 2.05) is 97.1 Å². The van der Waals surface area contributed by atoms with Gasteiger partial charge in [0.15, 0.2) is 0 Å². The van der Waals surface area contributed by atoms with Gasteiger partial charge in [-0.1, -0.05) is 119 Å². The zero-order chi connectivity index (χ0) is 42.1. The largest absolute Gasteiger partial charge is 0.478 e. The van der Waals surface area contributed by atoms with Crippen molar-refractivity contribution in [1.82, 2.24) is 0 Å². The van der Waals surface area contributed by atoms with Gasteiger partial charge in [-0.3, -0.25) is 9.59 Å². The number of anilines is 2. The Morgan fingerprint density at radius 2 is 0.900 bits per heavy atom. The molecule has 0 aromatic heterocycles. The molecule has 2 spiro atoms. The molecule has 4 atom stereocenters. The van der Waals surface area contributed by atoms with Crippen molar-refractivity contribution in [1.29, 1.82) is 0 Å². The van der Waals surface area contributed by atoms with Gasteiger partial charge in [0, 0.05) is 33.3 Å². The fourth-order valence-electron chi connectivity index (χ4n) is 9.24. The van der Waals surface area contributed by atoms with Crippen molar-refractivity contribution >= 4 is 81.5 Å². The predicted octanol–water partition coefficient (Wildman–Crippen LogP) is 11.3. The van der Waals surface area contributed by atoms with Crippen LogP contribution in [0.3, 0.4) is 0 Å². The molecule has 300 valence electrons. The number of aromatic carboxylic acids is 2. The van der Waals surface area contributed by atoms with Gasteiger partial charge in [-0.2, -0.15) is 0 Å². The molecule has 2 saturated carbocycles. The molecule has 2 aliphatic heterocycles. The zero-order valence-corrected chi connectivity index (χ0v) is 34.6. The summed E-state index contributed by atoms with van der Waals surface area (Å²) in [6.45, 7) is 0.588. The van der Waals surface area contributed by atoms with Crippen molar-refractivity contribution < 1.29 is 29.4 Å². The van der Waals surface area contributed by atoms with E-state index in [1.165, 1.54) is 12.1 Å². The number of halogens is 4. The number of carboxylic acid groups (broad SMARTS) is 2. The number of para-hydroxylation sites is 2. The maximum Gasteiger partial charge on any atom is 0.337 e. The van der Waals surface area contributed by atoms with E-state index >= 15 is 0 Å². The van der Waals surface area contributed by atoms with E-state index < -0.39 is 22.8 Å². The van der Waals surface area contributed by atoms with Crippen molar-refractivity contribution in [2.45, 2.75) is 48.6 Å². The molecule has 10 rings (SSSR count). The van der Waals surface area contributed by atoms with Gasteiger partial charge < -0.3 is 20.0 Å². The van der Waals surface area contributed by atoms with Crippen LogP contribution >= 0.6 is 46.4 Å². The molecule has 0 bridgehead atoms. The van der Waals surface area contributed by atoms with Gasteiger partial charge in [0.05, 0.1) is 45.1 Å². The van der Waals surface area contributed by atoms with Crippen molar-refractivity contribution in [3.63, 3.8) is 0 Å². The van der Waals surface area contributed by atoms with Crippen LogP contribution in [0.1, 0.15) is 78.8 Å². The molecule has 8 nitrogen and oxygen atoms in total. The standard InChI is InChI=1S/2C24H17Cl2NO3/c2*25-16-8-6-15(7-9-16)19-12-24(19)18-3-1-2-4-21(18)27(23(24)30)13-14-5-10-20(26)17(11-14)22(28)29/h2*1-11,19H,12-13H2,(H,28,29)/t2*19-,24-/m10/s1. The Balaban J connectivity index is 0.000000154. The minimum atomic E-state index is -1.09. The van der Waals surface area contributed by atoms with E-state index in [0.29, 0.717) is 23.1 Å². The SMILES string of the molecule is O=C(O)c1cc(CN2C(=O)[C@@]3(C[C@H]3c3ccc(Cl)cc3)c3ccccc32)ccc1Cl.O=C(O)c1cc(CN2C(=O)[C@]3(C[C@@H]3c3ccc(Cl)cc3)c3ccccc32)ccc1Cl. The first-order chi connectivity index (χ1) is 28.8. The van der Waals surface area contributed by atoms with Crippen LogP contribution in [0.25, 0.3) is 0 Å². The van der Waals surface area contributed by atoms with Gasteiger partial charge in [-0.05, 0) is 107 Å². The Labute approximate surface area is 365 Å². The summed E-state index contributed by atoms with van der Waals surface area (Å²) in [5, 5.41) is 20.4. The van der Waals surface area contributed by atoms with Gasteiger partial charge in [-0.15, -0.1) is 0 Å². The number of hydrogen-bond acceptors (Lipinski definition) is 4. The van der Waals surface area contributed by atoms with Crippen LogP contribution in [0, 0.1) is 0 Å². The summed E-state index contributed by atoms with van der Waals surface area (Å²) in [6.07, 6.45) is 1.50. The molecule has 6 aromatic rings. The highest BCUT2D eigenvalue weighted by molar-refractivity contribution is 6.34. The lowest BCUT2D eigenvalue weighted by Gasteiger charge is -2.19. The molecule has 12 heteroatoms. The summed E-state index contributed by atoms with van der Waals surface area (Å²) in [6, 6.07) is 40.8. The normalized spacial score (nSPS) is 21.7. The second-order valence-electron chi connectivity index (χ2n) is 15.6. The summed E-state index contributed by atoms with van der Waals surface area (Å²) < 4.78 is 0. The molecule has 2 aliphatic carbocycles. The van der Waals surface area contributed by atoms with Gasteiger partial charge in [0.2, 0.25) is 11.8 Å². The van der Waals surface area contributed by atoms with E-state index in [1.54, 1.807) is 34.1 Å². The number of carbonyl (C=O) groups excluding carboxylic acids is 2. The summed E-state index contributed by atoms with van der Waals surface area (Å²) in [5.41, 5.74) is 6.42. The summed E-state index contributed by atoms with van der Waals surface area (Å²) in [5.74, 6) is -1.86.